The number of ketones is 1. The number of esters is 1. The minimum atomic E-state index is -3.41. The van der Waals surface area contributed by atoms with E-state index in [2.05, 4.69) is 4.72 Å². The maximum absolute atomic E-state index is 12.1. The summed E-state index contributed by atoms with van der Waals surface area (Å²) in [7, 11) is -1.99. The molecule has 0 saturated heterocycles. The molecule has 2 aromatic rings. The van der Waals surface area contributed by atoms with E-state index >= 15 is 0 Å². The van der Waals surface area contributed by atoms with Crippen molar-refractivity contribution in [1.29, 1.82) is 0 Å². The van der Waals surface area contributed by atoms with E-state index in [0.29, 0.717) is 11.4 Å². The molecule has 0 unspecified atom stereocenters. The van der Waals surface area contributed by atoms with Crippen molar-refractivity contribution in [3.8, 4) is 11.5 Å². The van der Waals surface area contributed by atoms with Crippen molar-refractivity contribution in [2.45, 2.75) is 0 Å². The van der Waals surface area contributed by atoms with Crippen LogP contribution in [0.5, 0.6) is 11.5 Å². The first-order valence-electron chi connectivity index (χ1n) is 7.35. The van der Waals surface area contributed by atoms with Crippen molar-refractivity contribution in [1.82, 2.24) is 0 Å². The predicted octanol–water partition coefficient (Wildman–Crippen LogP) is 1.81. The first kappa shape index (κ1) is 19.3. The highest BCUT2D eigenvalue weighted by Crippen LogP contribution is 2.24. The molecule has 0 aliphatic heterocycles. The number of carbonyl (C=O) groups excluding carboxylic acids is 2. The van der Waals surface area contributed by atoms with Gasteiger partial charge in [-0.1, -0.05) is 0 Å². The van der Waals surface area contributed by atoms with E-state index in [1.54, 1.807) is 0 Å². The maximum Gasteiger partial charge on any atom is 0.342 e. The molecule has 9 heteroatoms. The Morgan fingerprint density at radius 1 is 1.12 bits per heavy atom. The molecule has 2 N–H and O–H groups in total. The summed E-state index contributed by atoms with van der Waals surface area (Å²) >= 11 is 0. The number of nitrogens with one attached hydrogen (secondary N) is 1. The van der Waals surface area contributed by atoms with Gasteiger partial charge in [0.25, 0.3) is 0 Å². The molecule has 0 atom stereocenters. The molecule has 0 aliphatic carbocycles. The number of sulfonamides is 1. The van der Waals surface area contributed by atoms with Crippen LogP contribution in [-0.4, -0.2) is 45.2 Å². The van der Waals surface area contributed by atoms with Gasteiger partial charge in [-0.2, -0.15) is 0 Å². The number of aromatic hydroxyl groups is 1. The number of ether oxygens (including phenoxy) is 2. The van der Waals surface area contributed by atoms with Crippen molar-refractivity contribution >= 4 is 27.5 Å². The van der Waals surface area contributed by atoms with Crippen LogP contribution in [0.4, 0.5) is 5.69 Å². The van der Waals surface area contributed by atoms with Gasteiger partial charge in [-0.3, -0.25) is 9.52 Å². The standard InChI is InChI=1S/C17H17NO7S/c1-24-13-7-8-14(15(19)9-13)17(21)25-10-16(20)11-3-5-12(6-4-11)18-26(2,22)23/h3-9,18-19H,10H2,1-2H3. The molecule has 0 spiro atoms. The quantitative estimate of drug-likeness (QED) is 0.556. The van der Waals surface area contributed by atoms with Crippen molar-refractivity contribution in [2.24, 2.45) is 0 Å². The molecule has 0 bridgehead atoms. The largest absolute Gasteiger partial charge is 0.507 e. The summed E-state index contributed by atoms with van der Waals surface area (Å²) in [5, 5.41) is 9.78. The molecule has 26 heavy (non-hydrogen) atoms. The maximum atomic E-state index is 12.1. The molecule has 2 aromatic carbocycles. The summed E-state index contributed by atoms with van der Waals surface area (Å²) in [6.45, 7) is -0.525. The van der Waals surface area contributed by atoms with E-state index in [4.69, 9.17) is 9.47 Å². The molecule has 0 aliphatic rings. The smallest absolute Gasteiger partial charge is 0.342 e. The van der Waals surface area contributed by atoms with Gasteiger partial charge in [0.05, 0.1) is 13.4 Å². The molecule has 0 aromatic heterocycles. The molecule has 8 nitrogen and oxygen atoms in total. The van der Waals surface area contributed by atoms with Gasteiger partial charge in [-0.25, -0.2) is 13.2 Å². The average molecular weight is 379 g/mol. The molecule has 0 radical (unpaired) electrons. The second-order valence-electron chi connectivity index (χ2n) is 5.33. The number of hydrogen-bond acceptors (Lipinski definition) is 7. The number of Topliss-reactive ketones (excluding diaryl/α,β-unsaturated/α-hetero) is 1. The van der Waals surface area contributed by atoms with Gasteiger partial charge < -0.3 is 14.6 Å². The number of methoxy groups -OCH3 is 1. The zero-order chi connectivity index (χ0) is 19.3. The topological polar surface area (TPSA) is 119 Å². The Hall–Kier alpha value is -3.07. The normalized spacial score (nSPS) is 10.8. The Morgan fingerprint density at radius 3 is 2.31 bits per heavy atom. The van der Waals surface area contributed by atoms with E-state index in [9.17, 15) is 23.1 Å². The summed E-state index contributed by atoms with van der Waals surface area (Å²) in [5.41, 5.74) is 0.464. The van der Waals surface area contributed by atoms with E-state index in [0.717, 1.165) is 6.26 Å². The summed E-state index contributed by atoms with van der Waals surface area (Å²) in [5.74, 6) is -1.28. The van der Waals surface area contributed by atoms with Gasteiger partial charge in [0.15, 0.2) is 12.4 Å². The molecule has 2 rings (SSSR count). The number of anilines is 1. The van der Waals surface area contributed by atoms with Gasteiger partial charge in [-0.15, -0.1) is 0 Å². The highest BCUT2D eigenvalue weighted by Gasteiger charge is 2.16. The average Bonchev–Trinajstić information content (AvgIpc) is 2.58. The van der Waals surface area contributed by atoms with E-state index < -0.39 is 28.4 Å². The van der Waals surface area contributed by atoms with Crippen molar-refractivity contribution in [2.75, 3.05) is 24.7 Å². The minimum absolute atomic E-state index is 0.0914. The first-order valence-corrected chi connectivity index (χ1v) is 9.24. The van der Waals surface area contributed by atoms with E-state index in [-0.39, 0.29) is 16.9 Å². The molecule has 0 fully saturated rings. The third-order valence-corrected chi connectivity index (χ3v) is 3.88. The van der Waals surface area contributed by atoms with Crippen LogP contribution in [0.25, 0.3) is 0 Å². The van der Waals surface area contributed by atoms with Crippen LogP contribution in [0.15, 0.2) is 42.5 Å². The monoisotopic (exact) mass is 379 g/mol. The zero-order valence-electron chi connectivity index (χ0n) is 14.1. The second kappa shape index (κ2) is 7.87. The lowest BCUT2D eigenvalue weighted by Crippen LogP contribution is -2.15. The fourth-order valence-electron chi connectivity index (χ4n) is 2.04. The van der Waals surface area contributed by atoms with Gasteiger partial charge >= 0.3 is 5.97 Å². The van der Waals surface area contributed by atoms with Gasteiger partial charge in [0, 0.05) is 17.3 Å². The highest BCUT2D eigenvalue weighted by molar-refractivity contribution is 7.92. The second-order valence-corrected chi connectivity index (χ2v) is 7.08. The van der Waals surface area contributed by atoms with Gasteiger partial charge in [0.1, 0.15) is 17.1 Å². The molecule has 0 saturated carbocycles. The van der Waals surface area contributed by atoms with Crippen molar-refractivity contribution in [3.05, 3.63) is 53.6 Å². The summed E-state index contributed by atoms with van der Waals surface area (Å²) in [6.07, 6.45) is 1.01. The number of phenols is 1. The van der Waals surface area contributed by atoms with Crippen molar-refractivity contribution in [3.63, 3.8) is 0 Å². The molecular formula is C17H17NO7S. The molecule has 0 heterocycles. The van der Waals surface area contributed by atoms with Crippen LogP contribution in [0.2, 0.25) is 0 Å². The van der Waals surface area contributed by atoms with E-state index in [1.807, 2.05) is 0 Å². The third-order valence-electron chi connectivity index (χ3n) is 3.27. The number of phenolic OH excluding ortho intramolecular Hbond substituents is 1. The Bertz CT molecular complexity index is 921. The fourth-order valence-corrected chi connectivity index (χ4v) is 2.61. The van der Waals surface area contributed by atoms with Gasteiger partial charge in [0.2, 0.25) is 10.0 Å². The number of carbonyl (C=O) groups is 2. The van der Waals surface area contributed by atoms with Crippen LogP contribution in [0.3, 0.4) is 0 Å². The summed E-state index contributed by atoms with van der Waals surface area (Å²) in [6, 6.07) is 9.73. The summed E-state index contributed by atoms with van der Waals surface area (Å²) in [4.78, 5) is 24.0. The van der Waals surface area contributed by atoms with Crippen molar-refractivity contribution < 1.29 is 32.6 Å². The lowest BCUT2D eigenvalue weighted by molar-refractivity contribution is 0.0471. The van der Waals surface area contributed by atoms with Gasteiger partial charge in [-0.05, 0) is 36.4 Å². The Kier molecular flexibility index (Phi) is 5.83. The first-order chi connectivity index (χ1) is 12.2. The predicted molar refractivity (Wildman–Crippen MR) is 94.2 cm³/mol. The number of benzene rings is 2. The Labute approximate surface area is 150 Å². The Balaban J connectivity index is 1.98. The number of rotatable bonds is 7. The highest BCUT2D eigenvalue weighted by atomic mass is 32.2. The molecule has 0 amide bonds. The SMILES string of the molecule is COc1ccc(C(=O)OCC(=O)c2ccc(NS(C)(=O)=O)cc2)c(O)c1. The van der Waals surface area contributed by atoms with Crippen LogP contribution in [-0.2, 0) is 14.8 Å². The Morgan fingerprint density at radius 2 is 1.77 bits per heavy atom. The van der Waals surface area contributed by atoms with Crippen LogP contribution in [0, 0.1) is 0 Å². The lowest BCUT2D eigenvalue weighted by Gasteiger charge is -2.08. The molecular weight excluding hydrogens is 362 g/mol. The minimum Gasteiger partial charge on any atom is -0.507 e. The zero-order valence-corrected chi connectivity index (χ0v) is 14.9. The third kappa shape index (κ3) is 5.21. The van der Waals surface area contributed by atoms with Crippen LogP contribution < -0.4 is 9.46 Å². The number of hydrogen-bond donors (Lipinski definition) is 2. The lowest BCUT2D eigenvalue weighted by atomic mass is 10.1. The van der Waals surface area contributed by atoms with E-state index in [1.165, 1.54) is 49.6 Å². The molecule has 138 valence electrons. The summed E-state index contributed by atoms with van der Waals surface area (Å²) < 4.78 is 34.4. The van der Waals surface area contributed by atoms with Crippen LogP contribution in [0.1, 0.15) is 20.7 Å². The van der Waals surface area contributed by atoms with Crippen LogP contribution >= 0.6 is 0 Å². The fraction of sp³-hybridized carbons (Fsp3) is 0.176.